The molecule has 0 radical (unpaired) electrons. The van der Waals surface area contributed by atoms with Crippen molar-refractivity contribution in [2.45, 2.75) is 38.6 Å². The van der Waals surface area contributed by atoms with Gasteiger partial charge in [0.25, 0.3) is 0 Å². The van der Waals surface area contributed by atoms with Gasteiger partial charge in [-0.1, -0.05) is 62.6 Å². The zero-order chi connectivity index (χ0) is 22.3. The second-order valence-electron chi connectivity index (χ2n) is 8.38. The Bertz CT molecular complexity index is 1080. The van der Waals surface area contributed by atoms with Crippen LogP contribution in [0.4, 0.5) is 5.69 Å². The molecule has 0 aliphatic carbocycles. The highest BCUT2D eigenvalue weighted by Crippen LogP contribution is 2.29. The van der Waals surface area contributed by atoms with E-state index in [1.165, 1.54) is 19.3 Å². The van der Waals surface area contributed by atoms with Crippen molar-refractivity contribution in [1.82, 2.24) is 15.0 Å². The molecule has 0 N–H and O–H groups in total. The third-order valence-electron chi connectivity index (χ3n) is 5.72. The van der Waals surface area contributed by atoms with Crippen molar-refractivity contribution in [2.75, 3.05) is 25.6 Å². The van der Waals surface area contributed by atoms with E-state index in [-0.39, 0.29) is 6.04 Å². The van der Waals surface area contributed by atoms with Crippen LogP contribution < -0.4 is 9.64 Å². The first-order valence-electron chi connectivity index (χ1n) is 11.5. The van der Waals surface area contributed by atoms with Gasteiger partial charge < -0.3 is 9.64 Å². The molecule has 0 fully saturated rings. The zero-order valence-corrected chi connectivity index (χ0v) is 19.2. The van der Waals surface area contributed by atoms with Gasteiger partial charge in [0.05, 0.1) is 6.61 Å². The van der Waals surface area contributed by atoms with Crippen LogP contribution in [0.1, 0.15) is 49.8 Å². The zero-order valence-electron chi connectivity index (χ0n) is 19.2. The number of fused-ring (bicyclic) bond motifs is 1. The van der Waals surface area contributed by atoms with Gasteiger partial charge in [-0.2, -0.15) is 15.0 Å². The van der Waals surface area contributed by atoms with Crippen LogP contribution in [0.3, 0.4) is 0 Å². The highest BCUT2D eigenvalue weighted by Gasteiger charge is 2.20. The van der Waals surface area contributed by atoms with Crippen molar-refractivity contribution >= 4 is 16.7 Å². The maximum atomic E-state index is 5.95. The first-order chi connectivity index (χ1) is 15.7. The second kappa shape index (κ2) is 10.3. The summed E-state index contributed by atoms with van der Waals surface area (Å²) in [5, 5.41) is 9.58. The number of unbranched alkanes of at least 4 members (excludes halogenated alkanes) is 3. The summed E-state index contributed by atoms with van der Waals surface area (Å²) in [7, 11) is 4.10. The van der Waals surface area contributed by atoms with E-state index in [1.54, 1.807) is 0 Å². The predicted molar refractivity (Wildman–Crippen MR) is 132 cm³/mol. The Balaban J connectivity index is 1.61. The number of hydrogen-bond acceptors (Lipinski definition) is 4. The maximum absolute atomic E-state index is 5.95. The van der Waals surface area contributed by atoms with Gasteiger partial charge in [-0.3, -0.25) is 0 Å². The largest absolute Gasteiger partial charge is 0.494 e. The molecule has 0 aliphatic rings. The third-order valence-corrected chi connectivity index (χ3v) is 5.72. The fraction of sp³-hybridized carbons (Fsp3) is 0.333. The van der Waals surface area contributed by atoms with E-state index in [4.69, 9.17) is 14.9 Å². The first kappa shape index (κ1) is 21.9. The topological polar surface area (TPSA) is 43.2 Å². The SMILES string of the molecule is CCCCCCOc1ccc(C(c2ccc(N(C)C)cc2)n2nc3ccccc3n2)cc1. The van der Waals surface area contributed by atoms with Crippen LogP contribution in [-0.2, 0) is 0 Å². The highest BCUT2D eigenvalue weighted by atomic mass is 16.5. The molecule has 1 unspecified atom stereocenters. The third kappa shape index (κ3) is 5.10. The predicted octanol–water partition coefficient (Wildman–Crippen LogP) is 6.09. The molecule has 5 nitrogen and oxygen atoms in total. The van der Waals surface area contributed by atoms with E-state index in [0.29, 0.717) is 0 Å². The van der Waals surface area contributed by atoms with E-state index >= 15 is 0 Å². The van der Waals surface area contributed by atoms with Crippen molar-refractivity contribution < 1.29 is 4.74 Å². The molecule has 0 bridgehead atoms. The molecule has 0 spiro atoms. The van der Waals surface area contributed by atoms with Crippen LogP contribution in [0.2, 0.25) is 0 Å². The Kier molecular flexibility index (Phi) is 7.05. The van der Waals surface area contributed by atoms with Crippen molar-refractivity contribution in [1.29, 1.82) is 0 Å². The molecule has 1 heterocycles. The van der Waals surface area contributed by atoms with Gasteiger partial charge in [0.15, 0.2) is 0 Å². The molecule has 0 saturated heterocycles. The quantitative estimate of drug-likeness (QED) is 0.287. The van der Waals surface area contributed by atoms with Crippen LogP contribution in [0, 0.1) is 0 Å². The van der Waals surface area contributed by atoms with E-state index in [2.05, 4.69) is 74.4 Å². The number of ether oxygens (including phenoxy) is 1. The lowest BCUT2D eigenvalue weighted by Crippen LogP contribution is -2.16. The van der Waals surface area contributed by atoms with Gasteiger partial charge in [0.2, 0.25) is 0 Å². The molecule has 3 aromatic carbocycles. The Morgan fingerprint density at radius 2 is 1.38 bits per heavy atom. The summed E-state index contributed by atoms with van der Waals surface area (Å²) in [5.74, 6) is 0.908. The minimum absolute atomic E-state index is 0.114. The van der Waals surface area contributed by atoms with Gasteiger partial charge in [-0.05, 0) is 53.9 Å². The van der Waals surface area contributed by atoms with E-state index in [0.717, 1.165) is 46.6 Å². The van der Waals surface area contributed by atoms with Crippen molar-refractivity contribution in [2.24, 2.45) is 0 Å². The van der Waals surface area contributed by atoms with Gasteiger partial charge in [-0.15, -0.1) is 0 Å². The normalized spacial score (nSPS) is 12.1. The molecule has 0 aliphatic heterocycles. The van der Waals surface area contributed by atoms with Crippen molar-refractivity contribution in [3.8, 4) is 5.75 Å². The lowest BCUT2D eigenvalue weighted by Gasteiger charge is -2.19. The average molecular weight is 429 g/mol. The smallest absolute Gasteiger partial charge is 0.122 e. The Morgan fingerprint density at radius 1 is 0.781 bits per heavy atom. The number of anilines is 1. The molecule has 32 heavy (non-hydrogen) atoms. The van der Waals surface area contributed by atoms with Crippen molar-refractivity contribution in [3.63, 3.8) is 0 Å². The second-order valence-corrected chi connectivity index (χ2v) is 8.38. The molecular formula is C27H32N4O. The van der Waals surface area contributed by atoms with Crippen LogP contribution in [-0.4, -0.2) is 35.7 Å². The molecule has 5 heteroatoms. The monoisotopic (exact) mass is 428 g/mol. The van der Waals surface area contributed by atoms with Crippen LogP contribution in [0.5, 0.6) is 5.75 Å². The lowest BCUT2D eigenvalue weighted by atomic mass is 9.99. The molecule has 1 atom stereocenters. The van der Waals surface area contributed by atoms with E-state index in [9.17, 15) is 0 Å². The molecule has 4 rings (SSSR count). The minimum atomic E-state index is -0.114. The summed E-state index contributed by atoms with van der Waals surface area (Å²) in [6, 6.07) is 24.8. The number of aromatic nitrogens is 3. The molecular weight excluding hydrogens is 396 g/mol. The van der Waals surface area contributed by atoms with Crippen molar-refractivity contribution in [3.05, 3.63) is 83.9 Å². The van der Waals surface area contributed by atoms with Crippen LogP contribution >= 0.6 is 0 Å². The number of nitrogens with zero attached hydrogens (tertiary/aromatic N) is 4. The lowest BCUT2D eigenvalue weighted by molar-refractivity contribution is 0.305. The molecule has 0 amide bonds. The van der Waals surface area contributed by atoms with E-state index < -0.39 is 0 Å². The summed E-state index contributed by atoms with van der Waals surface area (Å²) < 4.78 is 5.95. The Labute approximate surface area is 190 Å². The van der Waals surface area contributed by atoms with Gasteiger partial charge in [0.1, 0.15) is 22.8 Å². The molecule has 4 aromatic rings. The molecule has 166 valence electrons. The first-order valence-corrected chi connectivity index (χ1v) is 11.5. The number of benzene rings is 3. The van der Waals surface area contributed by atoms with Crippen LogP contribution in [0.25, 0.3) is 11.0 Å². The number of hydrogen-bond donors (Lipinski definition) is 0. The standard InChI is InChI=1S/C27H32N4O/c1-4-5-6-9-20-32-24-18-14-22(15-19-24)27(21-12-16-23(17-13-21)30(2)3)31-28-25-10-7-8-11-26(25)29-31/h7-8,10-19,27H,4-6,9,20H2,1-3H3. The fourth-order valence-corrected chi connectivity index (χ4v) is 3.87. The molecule has 0 saturated carbocycles. The average Bonchev–Trinajstić information content (AvgIpc) is 3.24. The summed E-state index contributed by atoms with van der Waals surface area (Å²) in [4.78, 5) is 3.93. The highest BCUT2D eigenvalue weighted by molar-refractivity contribution is 5.73. The summed E-state index contributed by atoms with van der Waals surface area (Å²) in [6.45, 7) is 2.99. The van der Waals surface area contributed by atoms with E-state index in [1.807, 2.05) is 29.1 Å². The molecule has 1 aromatic heterocycles. The maximum Gasteiger partial charge on any atom is 0.122 e. The summed E-state index contributed by atoms with van der Waals surface area (Å²) in [5.41, 5.74) is 5.23. The summed E-state index contributed by atoms with van der Waals surface area (Å²) >= 11 is 0. The van der Waals surface area contributed by atoms with Crippen LogP contribution in [0.15, 0.2) is 72.8 Å². The minimum Gasteiger partial charge on any atom is -0.494 e. The summed E-state index contributed by atoms with van der Waals surface area (Å²) in [6.07, 6.45) is 4.82. The Hall–Kier alpha value is -3.34. The van der Waals surface area contributed by atoms with Gasteiger partial charge >= 0.3 is 0 Å². The van der Waals surface area contributed by atoms with Gasteiger partial charge in [-0.25, -0.2) is 0 Å². The fourth-order valence-electron chi connectivity index (χ4n) is 3.87. The Morgan fingerprint density at radius 3 is 1.94 bits per heavy atom. The van der Waals surface area contributed by atoms with Gasteiger partial charge in [0, 0.05) is 19.8 Å². The number of rotatable bonds is 10.